The van der Waals surface area contributed by atoms with Gasteiger partial charge in [0.15, 0.2) is 0 Å². The van der Waals surface area contributed by atoms with E-state index < -0.39 is 15.6 Å². The van der Waals surface area contributed by atoms with Crippen LogP contribution in [0.25, 0.3) is 0 Å². The van der Waals surface area contributed by atoms with E-state index in [2.05, 4.69) is 15.2 Å². The van der Waals surface area contributed by atoms with Gasteiger partial charge in [0.1, 0.15) is 11.4 Å². The lowest BCUT2D eigenvalue weighted by molar-refractivity contribution is -0.134. The molecule has 170 valence electrons. The lowest BCUT2D eigenvalue weighted by atomic mass is 9.91. The van der Waals surface area contributed by atoms with Crippen LogP contribution in [-0.4, -0.2) is 78.9 Å². The number of sulfonamides is 1. The molecule has 32 heavy (non-hydrogen) atoms. The molecule has 0 aliphatic carbocycles. The summed E-state index contributed by atoms with van der Waals surface area (Å²) in [4.78, 5) is 33.2. The second-order valence-electron chi connectivity index (χ2n) is 8.42. The Kier molecular flexibility index (Phi) is 6.02. The Morgan fingerprint density at radius 2 is 1.81 bits per heavy atom. The summed E-state index contributed by atoms with van der Waals surface area (Å²) in [5.41, 5.74) is -0.315. The molecule has 0 spiro atoms. The van der Waals surface area contributed by atoms with Crippen LogP contribution in [0.2, 0.25) is 0 Å². The molecule has 3 aliphatic rings. The number of nitrogens with one attached hydrogen (secondary N) is 1. The van der Waals surface area contributed by atoms with E-state index in [0.717, 1.165) is 5.56 Å². The summed E-state index contributed by atoms with van der Waals surface area (Å²) in [5, 5.41) is 2.88. The average molecular weight is 458 g/mol. The van der Waals surface area contributed by atoms with E-state index in [1.54, 1.807) is 60.5 Å². The van der Waals surface area contributed by atoms with Crippen molar-refractivity contribution in [3.05, 3.63) is 54.3 Å². The highest BCUT2D eigenvalue weighted by molar-refractivity contribution is 7.89. The van der Waals surface area contributed by atoms with Crippen molar-refractivity contribution in [3.63, 3.8) is 0 Å². The van der Waals surface area contributed by atoms with Gasteiger partial charge in [-0.15, -0.1) is 0 Å². The maximum atomic E-state index is 13.0. The zero-order chi connectivity index (χ0) is 22.9. The van der Waals surface area contributed by atoms with E-state index in [1.807, 2.05) is 7.05 Å². The van der Waals surface area contributed by atoms with Crippen LogP contribution >= 0.6 is 0 Å². The molecule has 0 saturated carbocycles. The van der Waals surface area contributed by atoms with E-state index in [4.69, 9.17) is 0 Å². The molecule has 1 unspecified atom stereocenters. The zero-order valence-electron chi connectivity index (χ0n) is 18.2. The van der Waals surface area contributed by atoms with E-state index in [-0.39, 0.29) is 29.7 Å². The third-order valence-electron chi connectivity index (χ3n) is 6.07. The number of likely N-dealkylation sites (N-methyl/N-ethyl adjacent to an activating group) is 1. The largest absolute Gasteiger partial charge is 0.350 e. The van der Waals surface area contributed by atoms with Crippen molar-refractivity contribution >= 4 is 27.7 Å². The highest BCUT2D eigenvalue weighted by atomic mass is 32.2. The summed E-state index contributed by atoms with van der Waals surface area (Å²) in [6.07, 6.45) is 6.97. The molecule has 0 bridgehead atoms. The topological polar surface area (TPSA) is 102 Å². The molecule has 1 N–H and O–H groups in total. The molecule has 9 nitrogen and oxygen atoms in total. The fourth-order valence-electron chi connectivity index (χ4n) is 4.01. The first-order valence-corrected chi connectivity index (χ1v) is 12.0. The van der Waals surface area contributed by atoms with Crippen molar-refractivity contribution in [2.75, 3.05) is 33.2 Å². The van der Waals surface area contributed by atoms with Crippen molar-refractivity contribution in [3.8, 4) is 0 Å². The Labute approximate surface area is 188 Å². The molecule has 10 heteroatoms. The number of amides is 2. The number of hydrogen-bond acceptors (Lipinski definition) is 6. The molecule has 0 radical (unpaired) electrons. The van der Waals surface area contributed by atoms with Crippen molar-refractivity contribution in [1.29, 1.82) is 0 Å². The predicted molar refractivity (Wildman–Crippen MR) is 120 cm³/mol. The minimum atomic E-state index is -3.53. The molecule has 1 aromatic rings. The van der Waals surface area contributed by atoms with Crippen LogP contribution in [0.4, 0.5) is 0 Å². The molecule has 2 amide bonds. The lowest BCUT2D eigenvalue weighted by Crippen LogP contribution is -2.59. The van der Waals surface area contributed by atoms with E-state index in [9.17, 15) is 18.0 Å². The number of piperazine rings is 1. The van der Waals surface area contributed by atoms with Gasteiger partial charge in [-0.2, -0.15) is 9.30 Å². The predicted octanol–water partition coefficient (Wildman–Crippen LogP) is 0.712. The van der Waals surface area contributed by atoms with Gasteiger partial charge in [0.05, 0.1) is 11.3 Å². The summed E-state index contributed by atoms with van der Waals surface area (Å²) >= 11 is 0. The molecule has 1 aromatic carbocycles. The fourth-order valence-corrected chi connectivity index (χ4v) is 5.43. The van der Waals surface area contributed by atoms with E-state index in [1.165, 1.54) is 4.31 Å². The van der Waals surface area contributed by atoms with Gasteiger partial charge in [0.2, 0.25) is 15.9 Å². The minimum absolute atomic E-state index is 0.0251. The Morgan fingerprint density at radius 3 is 2.50 bits per heavy atom. The van der Waals surface area contributed by atoms with Crippen molar-refractivity contribution in [2.24, 2.45) is 4.99 Å². The van der Waals surface area contributed by atoms with Gasteiger partial charge in [-0.3, -0.25) is 9.59 Å². The number of aliphatic imine (C=N–C) groups is 1. The monoisotopic (exact) mass is 457 g/mol. The van der Waals surface area contributed by atoms with Gasteiger partial charge < -0.3 is 15.1 Å². The van der Waals surface area contributed by atoms with Gasteiger partial charge in [-0.25, -0.2) is 8.42 Å². The fraction of sp³-hybridized carbons (Fsp3) is 0.409. The van der Waals surface area contributed by atoms with Crippen LogP contribution in [-0.2, 0) is 26.2 Å². The van der Waals surface area contributed by atoms with Crippen LogP contribution in [0.5, 0.6) is 0 Å². The first kappa shape index (κ1) is 22.4. The number of nitrogens with zero attached hydrogens (tertiary/aromatic N) is 4. The van der Waals surface area contributed by atoms with Gasteiger partial charge in [-0.05, 0) is 43.8 Å². The van der Waals surface area contributed by atoms with E-state index in [0.29, 0.717) is 32.0 Å². The van der Waals surface area contributed by atoms with Gasteiger partial charge in [0.25, 0.3) is 5.91 Å². The molecule has 4 rings (SSSR count). The van der Waals surface area contributed by atoms with Crippen LogP contribution < -0.4 is 5.32 Å². The summed E-state index contributed by atoms with van der Waals surface area (Å²) in [6.45, 7) is 4.29. The van der Waals surface area contributed by atoms with Gasteiger partial charge >= 0.3 is 0 Å². The van der Waals surface area contributed by atoms with Gasteiger partial charge in [-0.1, -0.05) is 18.2 Å². The number of rotatable bonds is 5. The molecule has 1 saturated heterocycles. The third-order valence-corrected chi connectivity index (χ3v) is 7.98. The Hall–Kier alpha value is -2.82. The summed E-state index contributed by atoms with van der Waals surface area (Å²) in [5.74, 6) is -0.195. The SMILES string of the molecule is CN1CCN(S(=O)(=O)c2ccc(CNC(=O)C3(C)CC(=O)N=C4C=CC=CN43)cc2)CC1. The van der Waals surface area contributed by atoms with Crippen LogP contribution in [0, 0.1) is 0 Å². The zero-order valence-corrected chi connectivity index (χ0v) is 19.0. The van der Waals surface area contributed by atoms with Crippen LogP contribution in [0.15, 0.2) is 58.6 Å². The number of hydrogen-bond donors (Lipinski definition) is 1. The average Bonchev–Trinajstić information content (AvgIpc) is 2.78. The Morgan fingerprint density at radius 1 is 1.12 bits per heavy atom. The molecule has 1 fully saturated rings. The second-order valence-corrected chi connectivity index (χ2v) is 10.4. The number of carbonyl (C=O) groups is 2. The first-order valence-electron chi connectivity index (χ1n) is 10.5. The normalized spacial score (nSPS) is 24.2. The molecular formula is C22H27N5O4S. The van der Waals surface area contributed by atoms with Crippen LogP contribution in [0.1, 0.15) is 18.9 Å². The number of benzene rings is 1. The highest BCUT2D eigenvalue weighted by Gasteiger charge is 2.45. The maximum absolute atomic E-state index is 13.0. The summed E-state index contributed by atoms with van der Waals surface area (Å²) in [7, 11) is -1.56. The third kappa shape index (κ3) is 4.25. The second kappa shape index (κ2) is 8.61. The van der Waals surface area contributed by atoms with E-state index >= 15 is 0 Å². The Balaban J connectivity index is 1.42. The molecule has 1 atom stereocenters. The summed E-state index contributed by atoms with van der Waals surface area (Å²) < 4.78 is 27.2. The first-order chi connectivity index (χ1) is 15.2. The van der Waals surface area contributed by atoms with Crippen LogP contribution in [0.3, 0.4) is 0 Å². The molecule has 0 aromatic heterocycles. The minimum Gasteiger partial charge on any atom is -0.350 e. The standard InChI is InChI=1S/C22H27N5O4S/c1-22(15-20(28)24-19-5-3-4-10-27(19)22)21(29)23-16-17-6-8-18(9-7-17)32(30,31)26-13-11-25(2)12-14-26/h3-10H,11-16H2,1-2H3,(H,23,29). The maximum Gasteiger partial charge on any atom is 0.250 e. The number of fused-ring (bicyclic) bond motifs is 1. The smallest absolute Gasteiger partial charge is 0.250 e. The van der Waals surface area contributed by atoms with Crippen molar-refractivity contribution in [2.45, 2.75) is 30.3 Å². The van der Waals surface area contributed by atoms with Crippen molar-refractivity contribution in [1.82, 2.24) is 19.4 Å². The number of allylic oxidation sites excluding steroid dienone is 2. The lowest BCUT2D eigenvalue weighted by Gasteiger charge is -2.41. The summed E-state index contributed by atoms with van der Waals surface area (Å²) in [6, 6.07) is 6.55. The van der Waals surface area contributed by atoms with Crippen molar-refractivity contribution < 1.29 is 18.0 Å². The van der Waals surface area contributed by atoms with Gasteiger partial charge in [0, 0.05) is 38.9 Å². The Bertz CT molecular complexity index is 1100. The molecular weight excluding hydrogens is 430 g/mol. The highest BCUT2D eigenvalue weighted by Crippen LogP contribution is 2.28. The molecule has 3 aliphatic heterocycles. The molecule has 3 heterocycles. The quantitative estimate of drug-likeness (QED) is 0.699. The number of carbonyl (C=O) groups excluding carboxylic acids is 2. The number of amidine groups is 1.